The highest BCUT2D eigenvalue weighted by atomic mass is 35.5. The average molecular weight is 307 g/mol. The number of fused-ring (bicyclic) bond motifs is 1. The third-order valence-electron chi connectivity index (χ3n) is 4.21. The predicted octanol–water partition coefficient (Wildman–Crippen LogP) is 2.82. The molecule has 1 unspecified atom stereocenters. The van der Waals surface area contributed by atoms with E-state index in [1.807, 2.05) is 19.2 Å². The molecule has 1 aliphatic heterocycles. The van der Waals surface area contributed by atoms with Crippen LogP contribution in [0.15, 0.2) is 24.4 Å². The first-order valence-corrected chi connectivity index (χ1v) is 7.48. The van der Waals surface area contributed by atoms with E-state index in [-0.39, 0.29) is 12.5 Å². The molecule has 1 saturated heterocycles. The number of aliphatic hydroxyl groups excluding tert-OH is 1. The van der Waals surface area contributed by atoms with E-state index in [9.17, 15) is 5.11 Å². The maximum atomic E-state index is 9.44. The van der Waals surface area contributed by atoms with Gasteiger partial charge in [-0.1, -0.05) is 24.6 Å². The minimum absolute atomic E-state index is 0.0723. The number of rotatable bonds is 4. The van der Waals surface area contributed by atoms with E-state index in [1.165, 1.54) is 0 Å². The molecule has 3 rings (SSSR count). The van der Waals surface area contributed by atoms with E-state index in [4.69, 9.17) is 16.3 Å². The smallest absolute Gasteiger partial charge is 0.129 e. The van der Waals surface area contributed by atoms with Gasteiger partial charge in [-0.3, -0.25) is 0 Å². The van der Waals surface area contributed by atoms with Crippen LogP contribution in [0.5, 0.6) is 0 Å². The Balaban J connectivity index is 2.07. The molecule has 1 aromatic carbocycles. The second-order valence-corrected chi connectivity index (χ2v) is 5.96. The van der Waals surface area contributed by atoms with Crippen LogP contribution in [0, 0.1) is 0 Å². The summed E-state index contributed by atoms with van der Waals surface area (Å²) in [6.45, 7) is 3.91. The van der Waals surface area contributed by atoms with Crippen LogP contribution in [0.1, 0.15) is 18.4 Å². The van der Waals surface area contributed by atoms with Crippen molar-refractivity contribution in [3.63, 3.8) is 0 Å². The number of aromatic nitrogens is 1. The largest absolute Gasteiger partial charge is 0.396 e. The minimum Gasteiger partial charge on any atom is -0.396 e. The molecule has 0 amide bonds. The number of benzene rings is 1. The molecule has 1 fully saturated rings. The molecule has 4 nitrogen and oxygen atoms in total. The fourth-order valence-corrected chi connectivity index (χ4v) is 2.97. The standard InChI is InChI=1S/C16H19ClN2O2/c1-10(9-20)12-3-4-15(19-7-11(8-19)21-2)14-6-18-16(17)5-13(12)14/h3-6,10-11,20H,7-9H2,1-2H3. The summed E-state index contributed by atoms with van der Waals surface area (Å²) >= 11 is 6.06. The molecule has 1 atom stereocenters. The van der Waals surface area contributed by atoms with Crippen molar-refractivity contribution in [2.75, 3.05) is 31.7 Å². The van der Waals surface area contributed by atoms with Gasteiger partial charge >= 0.3 is 0 Å². The molecule has 0 bridgehead atoms. The van der Waals surface area contributed by atoms with E-state index < -0.39 is 0 Å². The van der Waals surface area contributed by atoms with Gasteiger partial charge in [0.15, 0.2) is 0 Å². The van der Waals surface area contributed by atoms with Crippen LogP contribution in [0.25, 0.3) is 10.8 Å². The maximum Gasteiger partial charge on any atom is 0.129 e. The normalized spacial score (nSPS) is 17.0. The summed E-state index contributed by atoms with van der Waals surface area (Å²) in [5, 5.41) is 12.1. The number of nitrogens with zero attached hydrogens (tertiary/aromatic N) is 2. The van der Waals surface area contributed by atoms with Gasteiger partial charge in [0.2, 0.25) is 0 Å². The number of pyridine rings is 1. The lowest BCUT2D eigenvalue weighted by Gasteiger charge is -2.40. The van der Waals surface area contributed by atoms with Gasteiger partial charge in [0.1, 0.15) is 5.15 Å². The molecular formula is C16H19ClN2O2. The molecule has 0 aliphatic carbocycles. The number of hydrogen-bond acceptors (Lipinski definition) is 4. The molecule has 0 saturated carbocycles. The fraction of sp³-hybridized carbons (Fsp3) is 0.438. The Morgan fingerprint density at radius 3 is 2.86 bits per heavy atom. The van der Waals surface area contributed by atoms with Gasteiger partial charge in [-0.05, 0) is 23.1 Å². The highest BCUT2D eigenvalue weighted by Crippen LogP contribution is 2.35. The molecule has 5 heteroatoms. The van der Waals surface area contributed by atoms with Gasteiger partial charge in [-0.25, -0.2) is 4.98 Å². The maximum absolute atomic E-state index is 9.44. The topological polar surface area (TPSA) is 45.6 Å². The highest BCUT2D eigenvalue weighted by molar-refractivity contribution is 6.30. The van der Waals surface area contributed by atoms with Crippen molar-refractivity contribution in [2.24, 2.45) is 0 Å². The Bertz CT molecular complexity index is 656. The van der Waals surface area contributed by atoms with Gasteiger partial charge in [-0.15, -0.1) is 0 Å². The number of aliphatic hydroxyl groups is 1. The monoisotopic (exact) mass is 306 g/mol. The lowest BCUT2D eigenvalue weighted by Crippen LogP contribution is -2.52. The summed E-state index contributed by atoms with van der Waals surface area (Å²) in [5.74, 6) is 0.0723. The number of halogens is 1. The second-order valence-electron chi connectivity index (χ2n) is 5.57. The molecule has 0 spiro atoms. The first kappa shape index (κ1) is 14.6. The van der Waals surface area contributed by atoms with E-state index in [0.29, 0.717) is 11.3 Å². The van der Waals surface area contributed by atoms with Gasteiger partial charge < -0.3 is 14.7 Å². The fourth-order valence-electron chi connectivity index (χ4n) is 2.81. The summed E-state index contributed by atoms with van der Waals surface area (Å²) in [6.07, 6.45) is 2.12. The Labute approximate surface area is 129 Å². The Morgan fingerprint density at radius 1 is 1.43 bits per heavy atom. The summed E-state index contributed by atoms with van der Waals surface area (Å²) < 4.78 is 5.34. The zero-order valence-corrected chi connectivity index (χ0v) is 13.0. The zero-order chi connectivity index (χ0) is 15.0. The van der Waals surface area contributed by atoms with Crippen LogP contribution < -0.4 is 4.90 Å². The highest BCUT2D eigenvalue weighted by Gasteiger charge is 2.28. The Hall–Kier alpha value is -1.36. The van der Waals surface area contributed by atoms with E-state index in [0.717, 1.165) is 35.1 Å². The minimum atomic E-state index is 0.0723. The van der Waals surface area contributed by atoms with Crippen molar-refractivity contribution in [1.82, 2.24) is 4.98 Å². The van der Waals surface area contributed by atoms with E-state index in [1.54, 1.807) is 7.11 Å². The van der Waals surface area contributed by atoms with Crippen molar-refractivity contribution in [3.8, 4) is 0 Å². The SMILES string of the molecule is COC1CN(c2ccc(C(C)CO)c3cc(Cl)ncc23)C1. The van der Waals surface area contributed by atoms with Crippen molar-refractivity contribution in [1.29, 1.82) is 0 Å². The lowest BCUT2D eigenvalue weighted by molar-refractivity contribution is 0.0789. The van der Waals surface area contributed by atoms with Crippen LogP contribution in [-0.4, -0.2) is 43.0 Å². The third-order valence-corrected chi connectivity index (χ3v) is 4.41. The third kappa shape index (κ3) is 2.59. The molecule has 1 N–H and O–H groups in total. The van der Waals surface area contributed by atoms with Crippen molar-refractivity contribution in [3.05, 3.63) is 35.1 Å². The average Bonchev–Trinajstić information content (AvgIpc) is 2.45. The Morgan fingerprint density at radius 2 is 2.19 bits per heavy atom. The lowest BCUT2D eigenvalue weighted by atomic mass is 9.94. The molecule has 2 aromatic rings. The van der Waals surface area contributed by atoms with Crippen LogP contribution in [-0.2, 0) is 4.74 Å². The summed E-state index contributed by atoms with van der Waals surface area (Å²) in [6, 6.07) is 6.07. The van der Waals surface area contributed by atoms with Gasteiger partial charge in [0.05, 0.1) is 6.10 Å². The van der Waals surface area contributed by atoms with Crippen LogP contribution in [0.4, 0.5) is 5.69 Å². The summed E-state index contributed by atoms with van der Waals surface area (Å²) in [7, 11) is 1.74. The van der Waals surface area contributed by atoms with Crippen LogP contribution >= 0.6 is 11.6 Å². The van der Waals surface area contributed by atoms with Gasteiger partial charge in [-0.2, -0.15) is 0 Å². The number of ether oxygens (including phenoxy) is 1. The molecule has 112 valence electrons. The van der Waals surface area contributed by atoms with Crippen LogP contribution in [0.3, 0.4) is 0 Å². The van der Waals surface area contributed by atoms with E-state index >= 15 is 0 Å². The summed E-state index contributed by atoms with van der Waals surface area (Å²) in [5.41, 5.74) is 2.25. The molecule has 21 heavy (non-hydrogen) atoms. The van der Waals surface area contributed by atoms with Crippen molar-refractivity contribution in [2.45, 2.75) is 18.9 Å². The van der Waals surface area contributed by atoms with Crippen molar-refractivity contribution >= 4 is 28.1 Å². The van der Waals surface area contributed by atoms with E-state index in [2.05, 4.69) is 22.0 Å². The Kier molecular flexibility index (Phi) is 4.02. The number of methoxy groups -OCH3 is 1. The molecular weight excluding hydrogens is 288 g/mol. The van der Waals surface area contributed by atoms with Crippen LogP contribution in [0.2, 0.25) is 5.15 Å². The van der Waals surface area contributed by atoms with Crippen molar-refractivity contribution < 1.29 is 9.84 Å². The second kappa shape index (κ2) is 5.79. The first-order chi connectivity index (χ1) is 10.1. The number of hydrogen-bond donors (Lipinski definition) is 1. The molecule has 1 aromatic heterocycles. The molecule has 0 radical (unpaired) electrons. The zero-order valence-electron chi connectivity index (χ0n) is 12.2. The molecule has 2 heterocycles. The quantitative estimate of drug-likeness (QED) is 0.882. The summed E-state index contributed by atoms with van der Waals surface area (Å²) in [4.78, 5) is 6.50. The predicted molar refractivity (Wildman–Crippen MR) is 85.3 cm³/mol. The number of anilines is 1. The van der Waals surface area contributed by atoms with Gasteiger partial charge in [0, 0.05) is 50.0 Å². The van der Waals surface area contributed by atoms with Gasteiger partial charge in [0.25, 0.3) is 0 Å². The molecule has 1 aliphatic rings. The first-order valence-electron chi connectivity index (χ1n) is 7.10.